The largest absolute Gasteiger partial charge is 0.311 e. The lowest BCUT2D eigenvalue weighted by Crippen LogP contribution is -2.61. The van der Waals surface area contributed by atoms with Crippen molar-refractivity contribution in [2.24, 2.45) is 0 Å². The van der Waals surface area contributed by atoms with Crippen molar-refractivity contribution in [1.29, 1.82) is 0 Å². The number of hydrogen-bond donors (Lipinski definition) is 0. The minimum atomic E-state index is -0.0439. The number of nitrogens with zero attached hydrogens (tertiary/aromatic N) is 2. The standard InChI is InChI=1S/C68H79BN2/c1-42(2)46-34-60-62-61(35-46)71(57-33-31-49(65(9,10)11)37-52(57)45-24-22-43(23-25-45)44-26-28-47(29-27-44)63(3,4)5)59-40-54-53(67(15,16)41-68(54,17)18)39-56(59)69(62)55-32-30-50(66(12,13)14)38-58(55)70(60)51-21-19-20-48(36-51)64(6,7)8/h19-40,42H,41H2,1-18H3. The van der Waals surface area contributed by atoms with Crippen LogP contribution in [0.25, 0.3) is 22.3 Å². The zero-order valence-electron chi connectivity index (χ0n) is 46.5. The third-order valence-corrected chi connectivity index (χ3v) is 16.5. The molecule has 0 unspecified atom stereocenters. The predicted octanol–water partition coefficient (Wildman–Crippen LogP) is 17.4. The number of anilines is 6. The van der Waals surface area contributed by atoms with Gasteiger partial charge in [-0.1, -0.05) is 210 Å². The Morgan fingerprint density at radius 2 is 0.901 bits per heavy atom. The summed E-state index contributed by atoms with van der Waals surface area (Å²) >= 11 is 0. The first-order chi connectivity index (χ1) is 33.0. The third kappa shape index (κ3) is 8.38. The molecule has 0 saturated heterocycles. The van der Waals surface area contributed by atoms with E-state index < -0.39 is 0 Å². The average Bonchev–Trinajstić information content (AvgIpc) is 3.48. The van der Waals surface area contributed by atoms with Gasteiger partial charge in [-0.05, 0) is 165 Å². The molecule has 3 aliphatic rings. The Labute approximate surface area is 429 Å². The highest BCUT2D eigenvalue weighted by Gasteiger charge is 2.48. The van der Waals surface area contributed by atoms with E-state index in [1.54, 1.807) is 0 Å². The molecule has 364 valence electrons. The van der Waals surface area contributed by atoms with E-state index in [1.165, 1.54) is 112 Å². The molecule has 1 aliphatic carbocycles. The normalized spacial score (nSPS) is 16.0. The van der Waals surface area contributed by atoms with Gasteiger partial charge in [0.05, 0.1) is 5.69 Å². The molecule has 7 aromatic carbocycles. The molecule has 0 fully saturated rings. The maximum Gasteiger partial charge on any atom is 0.252 e. The molecule has 10 rings (SSSR count). The highest BCUT2D eigenvalue weighted by Crippen LogP contribution is 2.54. The van der Waals surface area contributed by atoms with Crippen LogP contribution < -0.4 is 26.2 Å². The quantitative estimate of drug-likeness (QED) is 0.159. The van der Waals surface area contributed by atoms with Crippen LogP contribution in [-0.2, 0) is 32.5 Å². The van der Waals surface area contributed by atoms with Crippen molar-refractivity contribution < 1.29 is 0 Å². The van der Waals surface area contributed by atoms with Crippen LogP contribution in [0, 0.1) is 0 Å². The molecule has 2 heterocycles. The fourth-order valence-corrected chi connectivity index (χ4v) is 12.4. The van der Waals surface area contributed by atoms with Crippen molar-refractivity contribution in [2.75, 3.05) is 9.80 Å². The minimum absolute atomic E-state index is 0.00890. The Morgan fingerprint density at radius 1 is 0.423 bits per heavy atom. The molecule has 7 aromatic rings. The molecular formula is C68H79BN2. The summed E-state index contributed by atoms with van der Waals surface area (Å²) in [5, 5.41) is 0. The van der Waals surface area contributed by atoms with Crippen LogP contribution in [0.5, 0.6) is 0 Å². The maximum atomic E-state index is 2.71. The van der Waals surface area contributed by atoms with Crippen LogP contribution >= 0.6 is 0 Å². The van der Waals surface area contributed by atoms with E-state index in [1.807, 2.05) is 0 Å². The van der Waals surface area contributed by atoms with Crippen LogP contribution in [0.2, 0.25) is 0 Å². The Kier molecular flexibility index (Phi) is 11.2. The molecule has 0 spiro atoms. The van der Waals surface area contributed by atoms with Crippen molar-refractivity contribution in [2.45, 2.75) is 169 Å². The fraction of sp³-hybridized carbons (Fsp3) is 0.382. The molecule has 2 nitrogen and oxygen atoms in total. The summed E-state index contributed by atoms with van der Waals surface area (Å²) < 4.78 is 0. The Bertz CT molecular complexity index is 3220. The monoisotopic (exact) mass is 935 g/mol. The van der Waals surface area contributed by atoms with Crippen molar-refractivity contribution in [1.82, 2.24) is 0 Å². The van der Waals surface area contributed by atoms with Gasteiger partial charge in [0.2, 0.25) is 0 Å². The molecule has 0 N–H and O–H groups in total. The van der Waals surface area contributed by atoms with Crippen molar-refractivity contribution >= 4 is 57.2 Å². The van der Waals surface area contributed by atoms with Gasteiger partial charge in [0.15, 0.2) is 0 Å². The summed E-state index contributed by atoms with van der Waals surface area (Å²) in [6.45, 7) is 42.6. The molecule has 71 heavy (non-hydrogen) atoms. The molecule has 0 saturated carbocycles. The Balaban J connectivity index is 1.29. The smallest absolute Gasteiger partial charge is 0.252 e. The van der Waals surface area contributed by atoms with Gasteiger partial charge < -0.3 is 9.80 Å². The van der Waals surface area contributed by atoms with Crippen LogP contribution in [0.15, 0.2) is 133 Å². The zero-order chi connectivity index (χ0) is 51.1. The summed E-state index contributed by atoms with van der Waals surface area (Å²) in [5.74, 6) is 0.302. The number of benzene rings is 7. The van der Waals surface area contributed by atoms with E-state index >= 15 is 0 Å². The van der Waals surface area contributed by atoms with E-state index in [-0.39, 0.29) is 39.2 Å². The molecule has 0 amide bonds. The molecule has 3 heteroatoms. The van der Waals surface area contributed by atoms with Gasteiger partial charge in [-0.3, -0.25) is 0 Å². The van der Waals surface area contributed by atoms with Gasteiger partial charge in [0.1, 0.15) is 0 Å². The van der Waals surface area contributed by atoms with Crippen molar-refractivity contribution in [3.63, 3.8) is 0 Å². The zero-order valence-corrected chi connectivity index (χ0v) is 46.5. The Morgan fingerprint density at radius 3 is 1.48 bits per heavy atom. The first-order valence-corrected chi connectivity index (χ1v) is 26.6. The van der Waals surface area contributed by atoms with Gasteiger partial charge in [0.25, 0.3) is 6.71 Å². The van der Waals surface area contributed by atoms with E-state index in [0.29, 0.717) is 5.92 Å². The van der Waals surface area contributed by atoms with Gasteiger partial charge in [0, 0.05) is 34.0 Å². The maximum absolute atomic E-state index is 2.71. The predicted molar refractivity (Wildman–Crippen MR) is 311 cm³/mol. The molecule has 0 radical (unpaired) electrons. The van der Waals surface area contributed by atoms with E-state index in [4.69, 9.17) is 0 Å². The van der Waals surface area contributed by atoms with E-state index in [0.717, 1.165) is 6.42 Å². The van der Waals surface area contributed by atoms with Crippen LogP contribution in [0.3, 0.4) is 0 Å². The molecule has 2 aliphatic heterocycles. The fourth-order valence-electron chi connectivity index (χ4n) is 12.4. The number of rotatable bonds is 5. The Hall–Kier alpha value is -5.80. The van der Waals surface area contributed by atoms with E-state index in [9.17, 15) is 0 Å². The second kappa shape index (κ2) is 16.4. The van der Waals surface area contributed by atoms with Crippen LogP contribution in [-0.4, -0.2) is 6.71 Å². The van der Waals surface area contributed by atoms with Crippen molar-refractivity contribution in [3.8, 4) is 22.3 Å². The second-order valence-corrected chi connectivity index (χ2v) is 27.3. The SMILES string of the molecule is CC(C)c1cc2c3c(c1)N(c1ccc(C(C)(C)C)cc1-c1ccc(-c4ccc(C(C)(C)C)cc4)cc1)c1cc4c(cc1B3c1ccc(C(C)(C)C)cc1N2c1cccc(C(C)(C)C)c1)C(C)(C)CC4(C)C. The second-order valence-electron chi connectivity index (χ2n) is 27.3. The highest BCUT2D eigenvalue weighted by atomic mass is 15.2. The van der Waals surface area contributed by atoms with Crippen LogP contribution in [0.4, 0.5) is 34.1 Å². The van der Waals surface area contributed by atoms with Crippen molar-refractivity contribution in [3.05, 3.63) is 172 Å². The average molecular weight is 935 g/mol. The van der Waals surface area contributed by atoms with Gasteiger partial charge in [-0.15, -0.1) is 0 Å². The lowest BCUT2D eigenvalue weighted by molar-refractivity contribution is 0.403. The summed E-state index contributed by atoms with van der Waals surface area (Å²) in [6.07, 6.45) is 1.11. The molecule has 0 bridgehead atoms. The topological polar surface area (TPSA) is 6.48 Å². The van der Waals surface area contributed by atoms with E-state index in [2.05, 4.69) is 268 Å². The highest BCUT2D eigenvalue weighted by molar-refractivity contribution is 7.00. The lowest BCUT2D eigenvalue weighted by Gasteiger charge is -2.46. The van der Waals surface area contributed by atoms with Gasteiger partial charge in [-0.25, -0.2) is 0 Å². The van der Waals surface area contributed by atoms with Gasteiger partial charge in [-0.2, -0.15) is 0 Å². The summed E-state index contributed by atoms with van der Waals surface area (Å²) in [5.41, 5.74) is 26.4. The molecule has 0 atom stereocenters. The molecule has 0 aromatic heterocycles. The van der Waals surface area contributed by atoms with Crippen LogP contribution in [0.1, 0.15) is 176 Å². The lowest BCUT2D eigenvalue weighted by atomic mass is 9.33. The number of hydrogen-bond acceptors (Lipinski definition) is 2. The summed E-state index contributed by atoms with van der Waals surface area (Å²) in [7, 11) is 0. The first kappa shape index (κ1) is 48.8. The third-order valence-electron chi connectivity index (χ3n) is 16.5. The summed E-state index contributed by atoms with van der Waals surface area (Å²) in [4.78, 5) is 5.35. The first-order valence-electron chi connectivity index (χ1n) is 26.6. The van der Waals surface area contributed by atoms with Gasteiger partial charge >= 0.3 is 0 Å². The minimum Gasteiger partial charge on any atom is -0.311 e. The molecular weight excluding hydrogens is 856 g/mol. The summed E-state index contributed by atoms with van der Waals surface area (Å²) in [6, 6.07) is 53.2. The number of fused-ring (bicyclic) bond motifs is 5.